The first-order valence-electron chi connectivity index (χ1n) is 13.4. The number of esters is 2. The fourth-order valence-corrected chi connectivity index (χ4v) is 6.36. The monoisotopic (exact) mass is 550 g/mol. The molecule has 1 aromatic carbocycles. The van der Waals surface area contributed by atoms with Crippen LogP contribution >= 0.6 is 0 Å². The van der Waals surface area contributed by atoms with Gasteiger partial charge in [-0.3, -0.25) is 4.79 Å². The number of pyridine rings is 2. The number of fused-ring (bicyclic) bond motifs is 5. The first-order valence-corrected chi connectivity index (χ1v) is 17.1. The normalized spacial score (nSPS) is 17.8. The van der Waals surface area contributed by atoms with Crippen LogP contribution in [0.5, 0.6) is 5.75 Å². The summed E-state index contributed by atoms with van der Waals surface area (Å²) in [7, 11) is -1.42. The maximum absolute atomic E-state index is 13.6. The Bertz CT molecular complexity index is 1560. The van der Waals surface area contributed by atoms with E-state index < -0.39 is 25.6 Å². The van der Waals surface area contributed by atoms with E-state index in [0.29, 0.717) is 34.8 Å². The van der Waals surface area contributed by atoms with Crippen molar-refractivity contribution >= 4 is 30.9 Å². The van der Waals surface area contributed by atoms with E-state index in [0.717, 1.165) is 34.5 Å². The number of nitrogens with zero attached hydrogens (tertiary/aromatic N) is 2. The molecule has 0 saturated heterocycles. The van der Waals surface area contributed by atoms with Gasteiger partial charge in [0, 0.05) is 24.6 Å². The zero-order valence-electron chi connectivity index (χ0n) is 23.1. The molecule has 2 aromatic heterocycles. The summed E-state index contributed by atoms with van der Waals surface area (Å²) in [5.41, 5.74) is 2.53. The van der Waals surface area contributed by atoms with Crippen LogP contribution in [0.25, 0.3) is 22.3 Å². The number of aryl methyl sites for hydroxylation is 1. The van der Waals surface area contributed by atoms with Gasteiger partial charge in [-0.2, -0.15) is 0 Å². The van der Waals surface area contributed by atoms with Crippen LogP contribution in [0.4, 0.5) is 0 Å². The molecule has 0 unspecified atom stereocenters. The van der Waals surface area contributed by atoms with Crippen molar-refractivity contribution in [2.45, 2.75) is 71.1 Å². The van der Waals surface area contributed by atoms with Crippen molar-refractivity contribution in [2.75, 3.05) is 13.2 Å². The standard InChI is InChI=1S/C29H34N2O7Si/c1-6-29(35)22-13-24-26-20(14-31(24)27(33)21(22)15-38-28(29)34)18(10-11-39(3,4)5)19-12-17(8-9-23(19)30-26)37-16-25(32)36-7-2/h8-9,12-13,35H,6-7,10-11,14-16H2,1-5H3/t29-/m0/s1. The van der Waals surface area contributed by atoms with Crippen LogP contribution in [0.3, 0.4) is 0 Å². The smallest absolute Gasteiger partial charge is 0.344 e. The molecule has 2 aliphatic heterocycles. The fourth-order valence-electron chi connectivity index (χ4n) is 5.36. The molecule has 1 atom stereocenters. The molecule has 206 valence electrons. The van der Waals surface area contributed by atoms with Crippen LogP contribution in [-0.4, -0.2) is 47.9 Å². The lowest BCUT2D eigenvalue weighted by Gasteiger charge is -2.31. The number of cyclic esters (lactones) is 1. The van der Waals surface area contributed by atoms with Gasteiger partial charge in [0.1, 0.15) is 12.4 Å². The minimum Gasteiger partial charge on any atom is -0.482 e. The van der Waals surface area contributed by atoms with Crippen molar-refractivity contribution in [2.24, 2.45) is 0 Å². The summed E-state index contributed by atoms with van der Waals surface area (Å²) in [6.07, 6.45) is 0.900. The van der Waals surface area contributed by atoms with Crippen molar-refractivity contribution in [1.29, 1.82) is 0 Å². The lowest BCUT2D eigenvalue weighted by molar-refractivity contribution is -0.172. The van der Waals surface area contributed by atoms with Gasteiger partial charge in [-0.15, -0.1) is 0 Å². The van der Waals surface area contributed by atoms with Gasteiger partial charge in [0.25, 0.3) is 5.56 Å². The van der Waals surface area contributed by atoms with Crippen LogP contribution in [0.1, 0.15) is 42.5 Å². The molecule has 0 aliphatic carbocycles. The number of ether oxygens (including phenoxy) is 3. The molecule has 5 rings (SSSR count). The van der Waals surface area contributed by atoms with Crippen molar-refractivity contribution in [1.82, 2.24) is 9.55 Å². The van der Waals surface area contributed by atoms with Crippen LogP contribution in [-0.2, 0) is 44.2 Å². The molecule has 0 bridgehead atoms. The molecule has 0 amide bonds. The topological polar surface area (TPSA) is 117 Å². The zero-order chi connectivity index (χ0) is 28.1. The molecule has 0 saturated carbocycles. The summed E-state index contributed by atoms with van der Waals surface area (Å²) in [4.78, 5) is 42.9. The first-order chi connectivity index (χ1) is 18.5. The van der Waals surface area contributed by atoms with E-state index in [1.807, 2.05) is 12.1 Å². The highest BCUT2D eigenvalue weighted by atomic mass is 28.3. The summed E-state index contributed by atoms with van der Waals surface area (Å²) in [5, 5.41) is 12.1. The molecule has 3 aromatic rings. The van der Waals surface area contributed by atoms with E-state index in [1.165, 1.54) is 0 Å². The van der Waals surface area contributed by atoms with E-state index in [-0.39, 0.29) is 31.8 Å². The number of aliphatic hydroxyl groups is 1. The van der Waals surface area contributed by atoms with Gasteiger partial charge in [-0.05, 0) is 49.6 Å². The summed E-state index contributed by atoms with van der Waals surface area (Å²) in [6.45, 7) is 10.7. The Morgan fingerprint density at radius 1 is 1.18 bits per heavy atom. The Balaban J connectivity index is 1.66. The van der Waals surface area contributed by atoms with Gasteiger partial charge >= 0.3 is 11.9 Å². The first kappa shape index (κ1) is 27.1. The summed E-state index contributed by atoms with van der Waals surface area (Å²) in [6, 6.07) is 8.30. The molecule has 9 nitrogen and oxygen atoms in total. The number of rotatable bonds is 8. The number of carbonyl (C=O) groups excluding carboxylic acids is 2. The minimum absolute atomic E-state index is 0.0930. The summed E-state index contributed by atoms with van der Waals surface area (Å²) >= 11 is 0. The van der Waals surface area contributed by atoms with Crippen molar-refractivity contribution < 1.29 is 28.9 Å². The van der Waals surface area contributed by atoms with E-state index in [4.69, 9.17) is 19.2 Å². The van der Waals surface area contributed by atoms with Crippen molar-refractivity contribution in [3.8, 4) is 17.1 Å². The quantitative estimate of drug-likeness (QED) is 0.259. The molecule has 1 N–H and O–H groups in total. The summed E-state index contributed by atoms with van der Waals surface area (Å²) < 4.78 is 17.6. The van der Waals surface area contributed by atoms with Crippen LogP contribution in [0.15, 0.2) is 29.1 Å². The number of carbonyl (C=O) groups is 2. The molecule has 0 radical (unpaired) electrons. The molecule has 0 spiro atoms. The minimum atomic E-state index is -1.87. The third-order valence-corrected chi connectivity index (χ3v) is 9.31. The molecule has 0 fully saturated rings. The molecular weight excluding hydrogens is 516 g/mol. The Morgan fingerprint density at radius 3 is 2.64 bits per heavy atom. The number of aromatic nitrogens is 2. The maximum atomic E-state index is 13.6. The third-order valence-electron chi connectivity index (χ3n) is 7.56. The van der Waals surface area contributed by atoms with Gasteiger partial charge in [0.05, 0.1) is 35.6 Å². The van der Waals surface area contributed by atoms with E-state index >= 15 is 0 Å². The molecule has 10 heteroatoms. The highest BCUT2D eigenvalue weighted by Gasteiger charge is 2.45. The van der Waals surface area contributed by atoms with Crippen LogP contribution in [0.2, 0.25) is 25.7 Å². The Morgan fingerprint density at radius 2 is 1.95 bits per heavy atom. The van der Waals surface area contributed by atoms with Crippen LogP contribution in [0, 0.1) is 0 Å². The average molecular weight is 551 g/mol. The van der Waals surface area contributed by atoms with Crippen LogP contribution < -0.4 is 10.3 Å². The fraction of sp³-hybridized carbons (Fsp3) is 0.448. The van der Waals surface area contributed by atoms with Gasteiger partial charge < -0.3 is 23.9 Å². The summed E-state index contributed by atoms with van der Waals surface area (Å²) in [5.74, 6) is -0.631. The van der Waals surface area contributed by atoms with Crippen molar-refractivity contribution in [3.63, 3.8) is 0 Å². The zero-order valence-corrected chi connectivity index (χ0v) is 24.1. The van der Waals surface area contributed by atoms with Gasteiger partial charge in [0.2, 0.25) is 0 Å². The molecule has 2 aliphatic rings. The molecular formula is C29H34N2O7Si. The Labute approximate surface area is 227 Å². The lowest BCUT2D eigenvalue weighted by atomic mass is 9.86. The molecule has 4 heterocycles. The Kier molecular flexibility index (Phi) is 6.88. The van der Waals surface area contributed by atoms with E-state index in [2.05, 4.69) is 19.6 Å². The average Bonchev–Trinajstić information content (AvgIpc) is 3.26. The second-order valence-corrected chi connectivity index (χ2v) is 17.0. The van der Waals surface area contributed by atoms with Gasteiger partial charge in [-0.1, -0.05) is 32.6 Å². The largest absolute Gasteiger partial charge is 0.482 e. The maximum Gasteiger partial charge on any atom is 0.344 e. The van der Waals surface area contributed by atoms with E-state index in [9.17, 15) is 19.5 Å². The number of benzene rings is 1. The lowest BCUT2D eigenvalue weighted by Crippen LogP contribution is -2.44. The predicted octanol–water partition coefficient (Wildman–Crippen LogP) is 3.90. The predicted molar refractivity (Wildman–Crippen MR) is 149 cm³/mol. The van der Waals surface area contributed by atoms with Crippen molar-refractivity contribution in [3.05, 3.63) is 56.9 Å². The highest BCUT2D eigenvalue weighted by molar-refractivity contribution is 6.76. The highest BCUT2D eigenvalue weighted by Crippen LogP contribution is 2.41. The van der Waals surface area contributed by atoms with Gasteiger partial charge in [-0.25, -0.2) is 14.6 Å². The third kappa shape index (κ3) is 4.76. The SMILES string of the molecule is CCOC(=O)COc1ccc2nc3c(c(CC[Si](C)(C)C)c2c1)Cn1c-3cc2c(c1=O)COC(=O)[C@]2(O)CC. The second-order valence-electron chi connectivity index (χ2n) is 11.4. The van der Waals surface area contributed by atoms with E-state index in [1.54, 1.807) is 30.5 Å². The van der Waals surface area contributed by atoms with Gasteiger partial charge in [0.15, 0.2) is 12.2 Å². The number of hydrogen-bond acceptors (Lipinski definition) is 8. The number of hydrogen-bond donors (Lipinski definition) is 1. The molecule has 39 heavy (non-hydrogen) atoms. The second kappa shape index (κ2) is 9.91. The Hall–Kier alpha value is -3.50.